The monoisotopic (exact) mass is 392 g/mol. The molecule has 1 aliphatic heterocycles. The molecule has 30 heavy (non-hydrogen) atoms. The molecular formula is C26H20N2O2. The smallest absolute Gasteiger partial charge is 0.232 e. The van der Waals surface area contributed by atoms with Crippen molar-refractivity contribution < 1.29 is 9.47 Å². The molecule has 0 saturated heterocycles. The van der Waals surface area contributed by atoms with Crippen LogP contribution in [-0.4, -0.2) is 18.7 Å². The molecule has 0 radical (unpaired) electrons. The zero-order valence-electron chi connectivity index (χ0n) is 16.9. The third-order valence-electron chi connectivity index (χ3n) is 5.64. The number of nitriles is 1. The van der Waals surface area contributed by atoms with E-state index in [9.17, 15) is 5.26 Å². The molecule has 0 bridgehead atoms. The highest BCUT2D eigenvalue weighted by molar-refractivity contribution is 5.96. The van der Waals surface area contributed by atoms with E-state index < -0.39 is 0 Å². The predicted molar refractivity (Wildman–Crippen MR) is 118 cm³/mol. The lowest BCUT2D eigenvalue weighted by Crippen LogP contribution is -2.05. The van der Waals surface area contributed by atoms with Crippen LogP contribution in [0, 0.1) is 18.3 Å². The molecule has 0 atom stereocenters. The minimum atomic E-state index is 0.341. The molecule has 146 valence electrons. The Hall–Kier alpha value is -3.84. The van der Waals surface area contributed by atoms with Crippen molar-refractivity contribution in [2.24, 2.45) is 0 Å². The molecule has 4 nitrogen and oxygen atoms in total. The molecular weight excluding hydrogens is 372 g/mol. The topological polar surface area (TPSA) is 55.1 Å². The molecule has 0 fully saturated rings. The summed E-state index contributed by atoms with van der Waals surface area (Å²) < 4.78 is 11.8. The molecule has 3 aromatic carbocycles. The van der Waals surface area contributed by atoms with Gasteiger partial charge in [0.1, 0.15) is 17.4 Å². The highest BCUT2D eigenvalue weighted by Gasteiger charge is 2.27. The third-order valence-corrected chi connectivity index (χ3v) is 5.64. The number of fused-ring (bicyclic) bond motifs is 5. The molecule has 0 unspecified atom stereocenters. The lowest BCUT2D eigenvalue weighted by Gasteiger charge is -2.17. The average molecular weight is 392 g/mol. The Bertz CT molecular complexity index is 1320. The van der Waals surface area contributed by atoms with Crippen LogP contribution in [0.2, 0.25) is 0 Å². The first-order valence-corrected chi connectivity index (χ1v) is 9.94. The Morgan fingerprint density at radius 1 is 1.03 bits per heavy atom. The van der Waals surface area contributed by atoms with Gasteiger partial charge in [0.25, 0.3) is 0 Å². The van der Waals surface area contributed by atoms with Gasteiger partial charge in [-0.1, -0.05) is 60.2 Å². The number of ether oxygens (including phenoxy) is 2. The SMILES string of the molecule is COc1nc2c(c(-c3ccc(C)cc3)c1C#N)CCOc1c-2ccc2ccccc12. The maximum atomic E-state index is 9.95. The van der Waals surface area contributed by atoms with Crippen molar-refractivity contribution in [2.75, 3.05) is 13.7 Å². The fourth-order valence-electron chi connectivity index (χ4n) is 4.20. The molecule has 5 rings (SSSR count). The van der Waals surface area contributed by atoms with Crippen molar-refractivity contribution in [1.29, 1.82) is 5.26 Å². The zero-order valence-corrected chi connectivity index (χ0v) is 16.9. The van der Waals surface area contributed by atoms with E-state index in [2.05, 4.69) is 61.5 Å². The van der Waals surface area contributed by atoms with Gasteiger partial charge in [-0.25, -0.2) is 4.98 Å². The van der Waals surface area contributed by atoms with E-state index in [-0.39, 0.29) is 0 Å². The number of methoxy groups -OCH3 is 1. The highest BCUT2D eigenvalue weighted by atomic mass is 16.5. The number of hydrogen-bond acceptors (Lipinski definition) is 4. The van der Waals surface area contributed by atoms with E-state index >= 15 is 0 Å². The van der Waals surface area contributed by atoms with Crippen LogP contribution in [-0.2, 0) is 6.42 Å². The largest absolute Gasteiger partial charge is 0.492 e. The summed E-state index contributed by atoms with van der Waals surface area (Å²) in [6, 6.07) is 22.9. The van der Waals surface area contributed by atoms with Gasteiger partial charge in [-0.15, -0.1) is 0 Å². The van der Waals surface area contributed by atoms with Crippen molar-refractivity contribution in [1.82, 2.24) is 4.98 Å². The van der Waals surface area contributed by atoms with Crippen molar-refractivity contribution in [3.8, 4) is 40.1 Å². The van der Waals surface area contributed by atoms with Crippen molar-refractivity contribution in [3.05, 3.63) is 77.4 Å². The summed E-state index contributed by atoms with van der Waals surface area (Å²) in [6.07, 6.45) is 0.660. The van der Waals surface area contributed by atoms with E-state index in [4.69, 9.17) is 14.5 Å². The van der Waals surface area contributed by atoms with Crippen molar-refractivity contribution in [3.63, 3.8) is 0 Å². The second kappa shape index (κ2) is 7.20. The van der Waals surface area contributed by atoms with Gasteiger partial charge in [-0.2, -0.15) is 5.26 Å². The van der Waals surface area contributed by atoms with E-state index in [1.165, 1.54) is 5.56 Å². The molecule has 2 heterocycles. The lowest BCUT2D eigenvalue weighted by atomic mass is 9.90. The quantitative estimate of drug-likeness (QED) is 0.440. The van der Waals surface area contributed by atoms with Gasteiger partial charge in [0.15, 0.2) is 0 Å². The van der Waals surface area contributed by atoms with Gasteiger partial charge in [0, 0.05) is 22.9 Å². The summed E-state index contributed by atoms with van der Waals surface area (Å²) in [7, 11) is 1.56. The second-order valence-corrected chi connectivity index (χ2v) is 7.44. The predicted octanol–water partition coefficient (Wildman–Crippen LogP) is 5.69. The van der Waals surface area contributed by atoms with Crippen LogP contribution in [0.15, 0.2) is 60.7 Å². The van der Waals surface area contributed by atoms with Crippen LogP contribution >= 0.6 is 0 Å². The van der Waals surface area contributed by atoms with Crippen LogP contribution in [0.25, 0.3) is 33.2 Å². The number of aromatic nitrogens is 1. The molecule has 1 aromatic heterocycles. The molecule has 0 amide bonds. The summed E-state index contributed by atoms with van der Waals surface area (Å²) in [5.41, 5.74) is 6.26. The molecule has 0 aliphatic carbocycles. The number of pyridine rings is 1. The van der Waals surface area contributed by atoms with Crippen LogP contribution < -0.4 is 9.47 Å². The van der Waals surface area contributed by atoms with E-state index in [1.54, 1.807) is 7.11 Å². The molecule has 1 aliphatic rings. The van der Waals surface area contributed by atoms with E-state index in [0.29, 0.717) is 24.5 Å². The van der Waals surface area contributed by atoms with Gasteiger partial charge in [-0.05, 0) is 29.5 Å². The summed E-state index contributed by atoms with van der Waals surface area (Å²) in [6.45, 7) is 2.57. The molecule has 4 heteroatoms. The summed E-state index contributed by atoms with van der Waals surface area (Å²) in [5.74, 6) is 1.17. The second-order valence-electron chi connectivity index (χ2n) is 7.44. The molecule has 0 N–H and O–H groups in total. The Morgan fingerprint density at radius 3 is 2.60 bits per heavy atom. The minimum Gasteiger partial charge on any atom is -0.492 e. The number of hydrogen-bond donors (Lipinski definition) is 0. The minimum absolute atomic E-state index is 0.341. The van der Waals surface area contributed by atoms with Crippen molar-refractivity contribution in [2.45, 2.75) is 13.3 Å². The van der Waals surface area contributed by atoms with E-state index in [1.807, 2.05) is 12.1 Å². The van der Waals surface area contributed by atoms with Crippen LogP contribution in [0.5, 0.6) is 11.6 Å². The first-order chi connectivity index (χ1) is 14.7. The van der Waals surface area contributed by atoms with Crippen LogP contribution in [0.1, 0.15) is 16.7 Å². The van der Waals surface area contributed by atoms with Gasteiger partial charge < -0.3 is 9.47 Å². The maximum absolute atomic E-state index is 9.95. The summed E-state index contributed by atoms with van der Waals surface area (Å²) in [4.78, 5) is 4.79. The van der Waals surface area contributed by atoms with Crippen molar-refractivity contribution >= 4 is 10.8 Å². The van der Waals surface area contributed by atoms with Gasteiger partial charge in [0.2, 0.25) is 5.88 Å². The van der Waals surface area contributed by atoms with Crippen LogP contribution in [0.3, 0.4) is 0 Å². The summed E-state index contributed by atoms with van der Waals surface area (Å²) in [5, 5.41) is 12.1. The standard InChI is InChI=1S/C26H20N2O2/c1-16-7-9-18(10-8-16)23-20-13-14-30-25-19-6-4-3-5-17(19)11-12-21(25)24(20)28-26(29-2)22(23)15-27/h3-12H,13-14H2,1-2H3. The van der Waals surface area contributed by atoms with Gasteiger partial charge in [-0.3, -0.25) is 0 Å². The van der Waals surface area contributed by atoms with Gasteiger partial charge in [0.05, 0.1) is 19.4 Å². The normalized spacial score (nSPS) is 12.3. The Balaban J connectivity index is 1.87. The first kappa shape index (κ1) is 18.2. The molecule has 0 spiro atoms. The maximum Gasteiger partial charge on any atom is 0.232 e. The number of benzene rings is 3. The Labute approximate surface area is 175 Å². The first-order valence-electron chi connectivity index (χ1n) is 9.94. The number of rotatable bonds is 2. The third kappa shape index (κ3) is 2.79. The summed E-state index contributed by atoms with van der Waals surface area (Å²) >= 11 is 0. The number of aryl methyl sites for hydroxylation is 1. The fourth-order valence-corrected chi connectivity index (χ4v) is 4.20. The molecule has 4 aromatic rings. The molecule has 0 saturated carbocycles. The highest BCUT2D eigenvalue weighted by Crippen LogP contribution is 2.44. The fraction of sp³-hybridized carbons (Fsp3) is 0.154. The lowest BCUT2D eigenvalue weighted by molar-refractivity contribution is 0.330. The van der Waals surface area contributed by atoms with Gasteiger partial charge >= 0.3 is 0 Å². The number of nitrogens with zero attached hydrogens (tertiary/aromatic N) is 2. The average Bonchev–Trinajstić information content (AvgIpc) is 2.97. The zero-order chi connectivity index (χ0) is 20.7. The van der Waals surface area contributed by atoms with E-state index in [0.717, 1.165) is 44.5 Å². The Morgan fingerprint density at radius 2 is 1.83 bits per heavy atom. The van der Waals surface area contributed by atoms with Crippen LogP contribution in [0.4, 0.5) is 0 Å². The Kier molecular flexibility index (Phi) is 4.37.